The summed E-state index contributed by atoms with van der Waals surface area (Å²) < 4.78 is 0. The Bertz CT molecular complexity index is 567. The molecule has 0 aromatic heterocycles. The van der Waals surface area contributed by atoms with Gasteiger partial charge in [0.1, 0.15) is 0 Å². The summed E-state index contributed by atoms with van der Waals surface area (Å²) in [6.45, 7) is 4.39. The molecule has 3 rings (SSSR count). The quantitative estimate of drug-likeness (QED) is 0.860. The zero-order valence-electron chi connectivity index (χ0n) is 13.4. The number of nitrogens with zero attached hydrogens (tertiary/aromatic N) is 2. The molecule has 1 unspecified atom stereocenters. The van der Waals surface area contributed by atoms with Crippen LogP contribution in [0.15, 0.2) is 36.4 Å². The average Bonchev–Trinajstić information content (AvgIpc) is 2.58. The molecule has 0 spiro atoms. The van der Waals surface area contributed by atoms with E-state index in [-0.39, 0.29) is 5.91 Å². The molecule has 4 nitrogen and oxygen atoms in total. The minimum Gasteiger partial charge on any atom is -0.324 e. The smallest absolute Gasteiger partial charge is 0.238 e. The number of piperazine rings is 1. The van der Waals surface area contributed by atoms with Crippen LogP contribution in [0.3, 0.4) is 0 Å². The number of carbonyl (C=O) groups is 1. The Morgan fingerprint density at radius 2 is 2.00 bits per heavy atom. The van der Waals surface area contributed by atoms with Gasteiger partial charge in [-0.05, 0) is 31.4 Å². The fourth-order valence-corrected chi connectivity index (χ4v) is 3.49. The lowest BCUT2D eigenvalue weighted by Gasteiger charge is -2.38. The largest absolute Gasteiger partial charge is 0.324 e. The molecule has 1 aliphatic carbocycles. The van der Waals surface area contributed by atoms with Crippen molar-refractivity contribution in [2.75, 3.05) is 38.0 Å². The summed E-state index contributed by atoms with van der Waals surface area (Å²) in [5.74, 6) is 0.00381. The first-order valence-corrected chi connectivity index (χ1v) is 8.77. The molecule has 2 aliphatic rings. The lowest BCUT2D eigenvalue weighted by molar-refractivity contribution is -0.117. The van der Waals surface area contributed by atoms with Crippen LogP contribution in [0, 0.1) is 0 Å². The molecule has 23 heavy (non-hydrogen) atoms. The van der Waals surface area contributed by atoms with E-state index in [1.807, 2.05) is 18.2 Å². The van der Waals surface area contributed by atoms with Crippen molar-refractivity contribution in [3.8, 4) is 0 Å². The zero-order chi connectivity index (χ0) is 16.1. The molecule has 1 saturated heterocycles. The summed E-state index contributed by atoms with van der Waals surface area (Å²) in [4.78, 5) is 16.9. The highest BCUT2D eigenvalue weighted by atomic mass is 35.5. The van der Waals surface area contributed by atoms with Crippen LogP contribution in [0.1, 0.15) is 19.3 Å². The third kappa shape index (κ3) is 4.56. The maximum Gasteiger partial charge on any atom is 0.238 e. The van der Waals surface area contributed by atoms with Crippen molar-refractivity contribution in [1.82, 2.24) is 9.80 Å². The topological polar surface area (TPSA) is 35.6 Å². The summed E-state index contributed by atoms with van der Waals surface area (Å²) in [5.41, 5.74) is 0.685. The zero-order valence-corrected chi connectivity index (χ0v) is 14.1. The van der Waals surface area contributed by atoms with E-state index in [2.05, 4.69) is 27.3 Å². The van der Waals surface area contributed by atoms with Gasteiger partial charge in [-0.3, -0.25) is 14.6 Å². The van der Waals surface area contributed by atoms with Crippen molar-refractivity contribution in [2.45, 2.75) is 25.3 Å². The summed E-state index contributed by atoms with van der Waals surface area (Å²) >= 11 is 6.07. The number of benzene rings is 1. The van der Waals surface area contributed by atoms with Crippen LogP contribution in [0.4, 0.5) is 5.69 Å². The van der Waals surface area contributed by atoms with E-state index in [0.717, 1.165) is 26.2 Å². The number of halogens is 1. The Balaban J connectivity index is 1.45. The average molecular weight is 334 g/mol. The van der Waals surface area contributed by atoms with E-state index < -0.39 is 0 Å². The minimum absolute atomic E-state index is 0.00381. The summed E-state index contributed by atoms with van der Waals surface area (Å²) in [5, 5.41) is 3.47. The second-order valence-electron chi connectivity index (χ2n) is 6.27. The van der Waals surface area contributed by atoms with Crippen LogP contribution in [-0.2, 0) is 4.79 Å². The molecule has 5 heteroatoms. The van der Waals surface area contributed by atoms with Gasteiger partial charge in [0.05, 0.1) is 17.3 Å². The van der Waals surface area contributed by atoms with Crippen LogP contribution in [0.5, 0.6) is 0 Å². The third-order valence-electron chi connectivity index (χ3n) is 4.62. The highest BCUT2D eigenvalue weighted by Gasteiger charge is 2.24. The Morgan fingerprint density at radius 1 is 1.22 bits per heavy atom. The number of amides is 1. The van der Waals surface area contributed by atoms with E-state index in [0.29, 0.717) is 23.3 Å². The first-order chi connectivity index (χ1) is 11.2. The molecule has 1 N–H and O–H groups in total. The first-order valence-electron chi connectivity index (χ1n) is 8.40. The number of allylic oxidation sites excluding steroid dienone is 1. The summed E-state index contributed by atoms with van der Waals surface area (Å²) in [6, 6.07) is 7.94. The number of para-hydroxylation sites is 1. The van der Waals surface area contributed by atoms with E-state index >= 15 is 0 Å². The van der Waals surface area contributed by atoms with Crippen molar-refractivity contribution in [1.29, 1.82) is 0 Å². The first kappa shape index (κ1) is 16.5. The summed E-state index contributed by atoms with van der Waals surface area (Å²) in [7, 11) is 0. The molecule has 1 aromatic rings. The van der Waals surface area contributed by atoms with Crippen LogP contribution in [0.2, 0.25) is 5.02 Å². The van der Waals surface area contributed by atoms with Gasteiger partial charge in [0, 0.05) is 32.2 Å². The molecule has 124 valence electrons. The lowest BCUT2D eigenvalue weighted by atomic mass is 10.0. The molecule has 1 atom stereocenters. The number of anilines is 1. The second kappa shape index (κ2) is 7.95. The van der Waals surface area contributed by atoms with Crippen molar-refractivity contribution in [3.63, 3.8) is 0 Å². The SMILES string of the molecule is O=C(CN1CCN(C2C=CCCC2)CC1)Nc1ccccc1Cl. The number of carbonyl (C=O) groups excluding carboxylic acids is 1. The normalized spacial score (nSPS) is 22.9. The predicted molar refractivity (Wildman–Crippen MR) is 94.9 cm³/mol. The Labute approximate surface area is 143 Å². The maximum atomic E-state index is 12.2. The van der Waals surface area contributed by atoms with Gasteiger partial charge in [0.15, 0.2) is 0 Å². The van der Waals surface area contributed by atoms with E-state index in [1.165, 1.54) is 19.3 Å². The van der Waals surface area contributed by atoms with Crippen LogP contribution >= 0.6 is 11.6 Å². The Kier molecular flexibility index (Phi) is 5.70. The lowest BCUT2D eigenvalue weighted by Crippen LogP contribution is -2.51. The van der Waals surface area contributed by atoms with Crippen molar-refractivity contribution in [2.24, 2.45) is 0 Å². The van der Waals surface area contributed by atoms with Crippen molar-refractivity contribution >= 4 is 23.2 Å². The third-order valence-corrected chi connectivity index (χ3v) is 4.95. The predicted octanol–water partition coefficient (Wildman–Crippen LogP) is 3.00. The standard InChI is InChI=1S/C18H24ClN3O/c19-16-8-4-5-9-17(16)20-18(23)14-21-10-12-22(13-11-21)15-6-2-1-3-7-15/h2,4-6,8-9,15H,1,3,7,10-14H2,(H,20,23). The van der Waals surface area contributed by atoms with Gasteiger partial charge in [-0.1, -0.05) is 35.9 Å². The highest BCUT2D eigenvalue weighted by Crippen LogP contribution is 2.21. The molecule has 1 heterocycles. The maximum absolute atomic E-state index is 12.2. The van der Waals surface area contributed by atoms with Gasteiger partial charge in [0.25, 0.3) is 0 Å². The van der Waals surface area contributed by atoms with Crippen molar-refractivity contribution in [3.05, 3.63) is 41.4 Å². The van der Waals surface area contributed by atoms with Gasteiger partial charge >= 0.3 is 0 Å². The fourth-order valence-electron chi connectivity index (χ4n) is 3.31. The molecule has 0 radical (unpaired) electrons. The molecule has 1 aromatic carbocycles. The van der Waals surface area contributed by atoms with Crippen LogP contribution < -0.4 is 5.32 Å². The number of hydrogen-bond acceptors (Lipinski definition) is 3. The van der Waals surface area contributed by atoms with E-state index in [4.69, 9.17) is 11.6 Å². The van der Waals surface area contributed by atoms with Gasteiger partial charge in [-0.2, -0.15) is 0 Å². The Morgan fingerprint density at radius 3 is 2.70 bits per heavy atom. The van der Waals surface area contributed by atoms with Crippen LogP contribution in [-0.4, -0.2) is 54.5 Å². The fraction of sp³-hybridized carbons (Fsp3) is 0.500. The highest BCUT2D eigenvalue weighted by molar-refractivity contribution is 6.33. The van der Waals surface area contributed by atoms with Gasteiger partial charge < -0.3 is 5.32 Å². The van der Waals surface area contributed by atoms with Gasteiger partial charge in [0.2, 0.25) is 5.91 Å². The van der Waals surface area contributed by atoms with Gasteiger partial charge in [-0.15, -0.1) is 0 Å². The molecule has 1 amide bonds. The molecule has 0 bridgehead atoms. The number of rotatable bonds is 4. The molecule has 1 aliphatic heterocycles. The minimum atomic E-state index is 0.00381. The van der Waals surface area contributed by atoms with Crippen LogP contribution in [0.25, 0.3) is 0 Å². The van der Waals surface area contributed by atoms with Gasteiger partial charge in [-0.25, -0.2) is 0 Å². The Hall–Kier alpha value is -1.36. The molecular formula is C18H24ClN3O. The molecule has 1 fully saturated rings. The van der Waals surface area contributed by atoms with E-state index in [1.54, 1.807) is 6.07 Å². The number of nitrogens with one attached hydrogen (secondary N) is 1. The van der Waals surface area contributed by atoms with E-state index in [9.17, 15) is 4.79 Å². The monoisotopic (exact) mass is 333 g/mol. The second-order valence-corrected chi connectivity index (χ2v) is 6.67. The van der Waals surface area contributed by atoms with Crippen molar-refractivity contribution < 1.29 is 4.79 Å². The summed E-state index contributed by atoms with van der Waals surface area (Å²) in [6.07, 6.45) is 8.44. The molecule has 0 saturated carbocycles. The molecular weight excluding hydrogens is 310 g/mol. The number of hydrogen-bond donors (Lipinski definition) is 1.